The Hall–Kier alpha value is -0.520. The summed E-state index contributed by atoms with van der Waals surface area (Å²) in [6, 6.07) is 5.31. The molecule has 0 amide bonds. The lowest BCUT2D eigenvalue weighted by Gasteiger charge is -2.24. The number of ether oxygens (including phenoxy) is 2. The largest absolute Gasteiger partial charge is 0.489 e. The topological polar surface area (TPSA) is 50.7 Å². The van der Waals surface area contributed by atoms with E-state index in [0.717, 1.165) is 19.4 Å². The molecule has 0 saturated carbocycles. The van der Waals surface area contributed by atoms with Crippen LogP contribution in [0, 0.1) is 0 Å². The van der Waals surface area contributed by atoms with E-state index in [-0.39, 0.29) is 6.61 Å². The van der Waals surface area contributed by atoms with Gasteiger partial charge in [-0.3, -0.25) is 0 Å². The summed E-state index contributed by atoms with van der Waals surface area (Å²) in [6.07, 6.45) is 1.53. The van der Waals surface area contributed by atoms with E-state index >= 15 is 0 Å². The quantitative estimate of drug-likeness (QED) is 0.846. The Morgan fingerprint density at radius 2 is 2.30 bits per heavy atom. The number of benzene rings is 1. The van der Waals surface area contributed by atoms with E-state index in [2.05, 4.69) is 5.32 Å². The van der Waals surface area contributed by atoms with Crippen LogP contribution in [-0.2, 0) is 4.74 Å². The lowest BCUT2D eigenvalue weighted by Crippen LogP contribution is -2.42. The van der Waals surface area contributed by atoms with E-state index in [9.17, 15) is 5.11 Å². The first kappa shape index (κ1) is 15.9. The van der Waals surface area contributed by atoms with Crippen LogP contribution in [0.25, 0.3) is 0 Å². The molecule has 1 aliphatic rings. The van der Waals surface area contributed by atoms with Crippen molar-refractivity contribution >= 4 is 23.2 Å². The molecule has 1 saturated heterocycles. The van der Waals surface area contributed by atoms with Crippen LogP contribution < -0.4 is 10.1 Å². The minimum atomic E-state index is -0.605. The number of halogens is 2. The van der Waals surface area contributed by atoms with E-state index in [1.165, 1.54) is 0 Å². The summed E-state index contributed by atoms with van der Waals surface area (Å²) in [5, 5.41) is 14.2. The summed E-state index contributed by atoms with van der Waals surface area (Å²) in [6.45, 7) is 2.16. The highest BCUT2D eigenvalue weighted by molar-refractivity contribution is 6.34. The van der Waals surface area contributed by atoms with Crippen LogP contribution in [0.15, 0.2) is 18.2 Å². The number of rotatable bonds is 6. The summed E-state index contributed by atoms with van der Waals surface area (Å²) >= 11 is 11.8. The third-order valence-corrected chi connectivity index (χ3v) is 3.67. The minimum absolute atomic E-state index is 0.167. The molecule has 20 heavy (non-hydrogen) atoms. The molecule has 1 aliphatic heterocycles. The molecule has 2 N–H and O–H groups in total. The molecule has 4 nitrogen and oxygen atoms in total. The minimum Gasteiger partial charge on any atom is -0.489 e. The van der Waals surface area contributed by atoms with E-state index in [4.69, 9.17) is 32.7 Å². The van der Waals surface area contributed by atoms with E-state index in [0.29, 0.717) is 35.0 Å². The lowest BCUT2D eigenvalue weighted by atomic mass is 10.1. The molecule has 0 radical (unpaired) electrons. The fourth-order valence-electron chi connectivity index (χ4n) is 2.04. The van der Waals surface area contributed by atoms with Gasteiger partial charge in [-0.25, -0.2) is 0 Å². The van der Waals surface area contributed by atoms with Gasteiger partial charge in [-0.05, 0) is 25.0 Å². The summed E-state index contributed by atoms with van der Waals surface area (Å²) in [4.78, 5) is 0. The average Bonchev–Trinajstić information content (AvgIpc) is 2.47. The average molecular weight is 320 g/mol. The van der Waals surface area contributed by atoms with Gasteiger partial charge in [0.05, 0.1) is 11.6 Å². The van der Waals surface area contributed by atoms with Crippen molar-refractivity contribution in [3.63, 3.8) is 0 Å². The summed E-state index contributed by atoms with van der Waals surface area (Å²) in [5.41, 5.74) is 0. The normalized spacial score (nSPS) is 20.6. The zero-order chi connectivity index (χ0) is 14.4. The Morgan fingerprint density at radius 3 is 3.05 bits per heavy atom. The molecule has 2 atom stereocenters. The van der Waals surface area contributed by atoms with Crippen LogP contribution in [0.4, 0.5) is 0 Å². The first-order valence-electron chi connectivity index (χ1n) is 6.72. The highest BCUT2D eigenvalue weighted by Gasteiger charge is 2.15. The van der Waals surface area contributed by atoms with Gasteiger partial charge in [0.1, 0.15) is 18.5 Å². The SMILES string of the molecule is OC(CNC1CCCOC1)COc1cc(Cl)ccc1Cl. The second kappa shape index (κ2) is 8.05. The standard InChI is InChI=1S/C14H19Cl2NO3/c15-10-3-4-13(16)14(6-10)20-9-12(18)7-17-11-2-1-5-19-8-11/h3-4,6,11-12,17-18H,1-2,5,7-9H2. The van der Waals surface area contributed by atoms with Gasteiger partial charge >= 0.3 is 0 Å². The van der Waals surface area contributed by atoms with Crippen LogP contribution >= 0.6 is 23.2 Å². The molecule has 1 fully saturated rings. The number of aliphatic hydroxyl groups excluding tert-OH is 1. The molecule has 0 bridgehead atoms. The Bertz CT molecular complexity index is 425. The van der Waals surface area contributed by atoms with Crippen molar-refractivity contribution < 1.29 is 14.6 Å². The number of aliphatic hydroxyl groups is 1. The van der Waals surface area contributed by atoms with Gasteiger partial charge in [0.15, 0.2) is 0 Å². The monoisotopic (exact) mass is 319 g/mol. The van der Waals surface area contributed by atoms with Crippen molar-refractivity contribution in [1.29, 1.82) is 0 Å². The van der Waals surface area contributed by atoms with Gasteiger partial charge in [-0.15, -0.1) is 0 Å². The zero-order valence-electron chi connectivity index (χ0n) is 11.1. The van der Waals surface area contributed by atoms with E-state index in [1.54, 1.807) is 18.2 Å². The predicted octanol–water partition coefficient (Wildman–Crippen LogP) is 2.50. The molecule has 0 spiro atoms. The maximum Gasteiger partial charge on any atom is 0.139 e. The third-order valence-electron chi connectivity index (χ3n) is 3.13. The van der Waals surface area contributed by atoms with Gasteiger partial charge in [0.25, 0.3) is 0 Å². The second-order valence-electron chi connectivity index (χ2n) is 4.86. The van der Waals surface area contributed by atoms with Crippen LogP contribution in [0.2, 0.25) is 10.0 Å². The molecule has 2 unspecified atom stereocenters. The number of hydrogen-bond acceptors (Lipinski definition) is 4. The predicted molar refractivity (Wildman–Crippen MR) is 79.8 cm³/mol. The third kappa shape index (κ3) is 5.11. The van der Waals surface area contributed by atoms with Gasteiger partial charge in [0.2, 0.25) is 0 Å². The Kier molecular flexibility index (Phi) is 6.39. The van der Waals surface area contributed by atoms with Crippen molar-refractivity contribution in [3.05, 3.63) is 28.2 Å². The van der Waals surface area contributed by atoms with Crippen LogP contribution in [0.1, 0.15) is 12.8 Å². The van der Waals surface area contributed by atoms with Crippen LogP contribution in [0.3, 0.4) is 0 Å². The van der Waals surface area contributed by atoms with Crippen molar-refractivity contribution in [1.82, 2.24) is 5.32 Å². The highest BCUT2D eigenvalue weighted by atomic mass is 35.5. The van der Waals surface area contributed by atoms with E-state index < -0.39 is 6.10 Å². The molecule has 1 heterocycles. The summed E-state index contributed by atoms with van der Waals surface area (Å²) in [7, 11) is 0. The number of hydrogen-bond donors (Lipinski definition) is 2. The zero-order valence-corrected chi connectivity index (χ0v) is 12.7. The molecule has 112 valence electrons. The highest BCUT2D eigenvalue weighted by Crippen LogP contribution is 2.27. The first-order chi connectivity index (χ1) is 9.65. The van der Waals surface area contributed by atoms with E-state index in [1.807, 2.05) is 0 Å². The van der Waals surface area contributed by atoms with Crippen molar-refractivity contribution in [2.24, 2.45) is 0 Å². The molecular weight excluding hydrogens is 301 g/mol. The molecule has 0 aromatic heterocycles. The molecule has 0 aliphatic carbocycles. The molecule has 1 aromatic rings. The fraction of sp³-hybridized carbons (Fsp3) is 0.571. The van der Waals surface area contributed by atoms with Gasteiger partial charge in [-0.2, -0.15) is 0 Å². The van der Waals surface area contributed by atoms with Crippen LogP contribution in [-0.4, -0.2) is 43.6 Å². The van der Waals surface area contributed by atoms with Crippen molar-refractivity contribution in [3.8, 4) is 5.75 Å². The Labute approximate surface area is 129 Å². The van der Waals surface area contributed by atoms with Crippen LogP contribution in [0.5, 0.6) is 5.75 Å². The lowest BCUT2D eigenvalue weighted by molar-refractivity contribution is 0.0572. The maximum atomic E-state index is 9.90. The first-order valence-corrected chi connectivity index (χ1v) is 7.48. The second-order valence-corrected chi connectivity index (χ2v) is 5.71. The Balaban J connectivity index is 1.71. The Morgan fingerprint density at radius 1 is 1.45 bits per heavy atom. The molecule has 6 heteroatoms. The summed E-state index contributed by atoms with van der Waals surface area (Å²) in [5.74, 6) is 0.485. The number of nitrogens with one attached hydrogen (secondary N) is 1. The van der Waals surface area contributed by atoms with Crippen molar-refractivity contribution in [2.45, 2.75) is 25.0 Å². The maximum absolute atomic E-state index is 9.90. The van der Waals surface area contributed by atoms with Gasteiger partial charge < -0.3 is 19.9 Å². The fourth-order valence-corrected chi connectivity index (χ4v) is 2.37. The molecule has 2 rings (SSSR count). The smallest absolute Gasteiger partial charge is 0.139 e. The molecule has 1 aromatic carbocycles. The van der Waals surface area contributed by atoms with Crippen molar-refractivity contribution in [2.75, 3.05) is 26.4 Å². The summed E-state index contributed by atoms with van der Waals surface area (Å²) < 4.78 is 10.8. The van der Waals surface area contributed by atoms with Gasteiger partial charge in [0, 0.05) is 30.3 Å². The van der Waals surface area contributed by atoms with Gasteiger partial charge in [-0.1, -0.05) is 23.2 Å². The molecular formula is C14H19Cl2NO3.